The third-order valence-corrected chi connectivity index (χ3v) is 4.75. The van der Waals surface area contributed by atoms with E-state index in [0.29, 0.717) is 30.4 Å². The average Bonchev–Trinajstić information content (AvgIpc) is 2.78. The maximum absolute atomic E-state index is 12.4. The molecule has 8 nitrogen and oxygen atoms in total. The summed E-state index contributed by atoms with van der Waals surface area (Å²) < 4.78 is 21.4. The molecule has 0 bridgehead atoms. The number of benzene rings is 2. The molecule has 0 saturated heterocycles. The highest BCUT2D eigenvalue weighted by molar-refractivity contribution is 5.97. The van der Waals surface area contributed by atoms with E-state index >= 15 is 0 Å². The number of rotatable bonds is 10. The SMILES string of the molecule is COc1cc(C(=O)NCC(=O)NCCOc2ccc(C(C)(C)C)cc2)cc(OC)c1OC. The summed E-state index contributed by atoms with van der Waals surface area (Å²) in [6, 6.07) is 10.9. The van der Waals surface area contributed by atoms with Crippen LogP contribution in [-0.4, -0.2) is 52.8 Å². The van der Waals surface area contributed by atoms with Crippen molar-refractivity contribution in [2.75, 3.05) is 41.0 Å². The first kappa shape index (κ1) is 24.8. The molecule has 2 aromatic rings. The zero-order chi connectivity index (χ0) is 23.7. The van der Waals surface area contributed by atoms with Crippen molar-refractivity contribution in [3.63, 3.8) is 0 Å². The van der Waals surface area contributed by atoms with Crippen LogP contribution < -0.4 is 29.6 Å². The van der Waals surface area contributed by atoms with Crippen molar-refractivity contribution >= 4 is 11.8 Å². The summed E-state index contributed by atoms with van der Waals surface area (Å²) in [6.45, 7) is 6.92. The highest BCUT2D eigenvalue weighted by atomic mass is 16.5. The van der Waals surface area contributed by atoms with Gasteiger partial charge in [-0.2, -0.15) is 0 Å². The summed E-state index contributed by atoms with van der Waals surface area (Å²) in [6.07, 6.45) is 0. The number of hydrogen-bond donors (Lipinski definition) is 2. The molecular formula is C24H32N2O6. The molecular weight excluding hydrogens is 412 g/mol. The molecule has 2 amide bonds. The maximum atomic E-state index is 12.4. The molecule has 2 rings (SSSR count). The Hall–Kier alpha value is -3.42. The smallest absolute Gasteiger partial charge is 0.251 e. The van der Waals surface area contributed by atoms with Gasteiger partial charge in [-0.05, 0) is 35.2 Å². The van der Waals surface area contributed by atoms with E-state index in [1.54, 1.807) is 0 Å². The lowest BCUT2D eigenvalue weighted by atomic mass is 9.87. The van der Waals surface area contributed by atoms with Gasteiger partial charge in [-0.1, -0.05) is 32.9 Å². The summed E-state index contributed by atoms with van der Waals surface area (Å²) in [5.74, 6) is 1.08. The van der Waals surface area contributed by atoms with E-state index in [4.69, 9.17) is 18.9 Å². The number of nitrogens with one attached hydrogen (secondary N) is 2. The molecule has 8 heteroatoms. The van der Waals surface area contributed by atoms with E-state index < -0.39 is 5.91 Å². The van der Waals surface area contributed by atoms with Crippen LogP contribution in [0, 0.1) is 0 Å². The van der Waals surface area contributed by atoms with Crippen LogP contribution in [0.15, 0.2) is 36.4 Å². The Morgan fingerprint density at radius 1 is 0.875 bits per heavy atom. The fourth-order valence-electron chi connectivity index (χ4n) is 2.95. The predicted molar refractivity (Wildman–Crippen MR) is 122 cm³/mol. The largest absolute Gasteiger partial charge is 0.493 e. The number of ether oxygens (including phenoxy) is 4. The van der Waals surface area contributed by atoms with Crippen LogP contribution in [0.1, 0.15) is 36.7 Å². The summed E-state index contributed by atoms with van der Waals surface area (Å²) in [7, 11) is 4.41. The minimum atomic E-state index is -0.436. The lowest BCUT2D eigenvalue weighted by Gasteiger charge is -2.19. The van der Waals surface area contributed by atoms with E-state index in [1.807, 2.05) is 24.3 Å². The van der Waals surface area contributed by atoms with Gasteiger partial charge >= 0.3 is 0 Å². The first-order valence-corrected chi connectivity index (χ1v) is 10.3. The van der Waals surface area contributed by atoms with Crippen molar-refractivity contribution in [1.82, 2.24) is 10.6 Å². The van der Waals surface area contributed by atoms with Crippen molar-refractivity contribution in [2.24, 2.45) is 0 Å². The summed E-state index contributed by atoms with van der Waals surface area (Å²) >= 11 is 0. The Morgan fingerprint density at radius 2 is 1.47 bits per heavy atom. The first-order valence-electron chi connectivity index (χ1n) is 10.3. The number of hydrogen-bond acceptors (Lipinski definition) is 6. The Balaban J connectivity index is 1.79. The van der Waals surface area contributed by atoms with Crippen LogP contribution in [0.2, 0.25) is 0 Å². The van der Waals surface area contributed by atoms with Gasteiger partial charge in [0.15, 0.2) is 11.5 Å². The van der Waals surface area contributed by atoms with Crippen LogP contribution in [0.4, 0.5) is 0 Å². The second kappa shape index (κ2) is 11.3. The minimum Gasteiger partial charge on any atom is -0.493 e. The number of carbonyl (C=O) groups excluding carboxylic acids is 2. The fraction of sp³-hybridized carbons (Fsp3) is 0.417. The van der Waals surface area contributed by atoms with Crippen LogP contribution in [0.3, 0.4) is 0 Å². The molecule has 0 saturated carbocycles. The molecule has 2 N–H and O–H groups in total. The number of carbonyl (C=O) groups is 2. The molecule has 0 aliphatic rings. The molecule has 174 valence electrons. The quantitative estimate of drug-likeness (QED) is 0.547. The fourth-order valence-corrected chi connectivity index (χ4v) is 2.95. The van der Waals surface area contributed by atoms with Gasteiger partial charge in [0.05, 0.1) is 34.4 Å². The van der Waals surface area contributed by atoms with Gasteiger partial charge in [-0.25, -0.2) is 0 Å². The minimum absolute atomic E-state index is 0.0824. The topological polar surface area (TPSA) is 95.1 Å². The van der Waals surface area contributed by atoms with E-state index in [1.165, 1.54) is 39.0 Å². The van der Waals surface area contributed by atoms with E-state index in [9.17, 15) is 9.59 Å². The maximum Gasteiger partial charge on any atom is 0.251 e. The van der Waals surface area contributed by atoms with E-state index in [0.717, 1.165) is 5.75 Å². The van der Waals surface area contributed by atoms with Gasteiger partial charge < -0.3 is 29.6 Å². The zero-order valence-electron chi connectivity index (χ0n) is 19.5. The van der Waals surface area contributed by atoms with Crippen LogP contribution in [0.25, 0.3) is 0 Å². The monoisotopic (exact) mass is 444 g/mol. The molecule has 0 radical (unpaired) electrons. The molecule has 0 spiro atoms. The van der Waals surface area contributed by atoms with Crippen molar-refractivity contribution < 1.29 is 28.5 Å². The molecule has 0 aliphatic heterocycles. The second-order valence-corrected chi connectivity index (χ2v) is 8.07. The van der Waals surface area contributed by atoms with Gasteiger partial charge in [0.1, 0.15) is 12.4 Å². The van der Waals surface area contributed by atoms with Crippen LogP contribution in [-0.2, 0) is 10.2 Å². The molecule has 32 heavy (non-hydrogen) atoms. The average molecular weight is 445 g/mol. The highest BCUT2D eigenvalue weighted by Crippen LogP contribution is 2.38. The molecule has 0 heterocycles. The molecule has 0 aliphatic carbocycles. The Bertz CT molecular complexity index is 894. The van der Waals surface area contributed by atoms with Gasteiger partial charge in [-0.3, -0.25) is 9.59 Å². The third kappa shape index (κ3) is 6.80. The van der Waals surface area contributed by atoms with Crippen LogP contribution in [0.5, 0.6) is 23.0 Å². The summed E-state index contributed by atoms with van der Waals surface area (Å²) in [5, 5.41) is 5.28. The van der Waals surface area contributed by atoms with Crippen molar-refractivity contribution in [3.05, 3.63) is 47.5 Å². The molecule has 0 fully saturated rings. The predicted octanol–water partition coefficient (Wildman–Crippen LogP) is 2.93. The second-order valence-electron chi connectivity index (χ2n) is 8.07. The normalized spacial score (nSPS) is 10.8. The van der Waals surface area contributed by atoms with Crippen LogP contribution >= 0.6 is 0 Å². The highest BCUT2D eigenvalue weighted by Gasteiger charge is 2.17. The first-order chi connectivity index (χ1) is 15.2. The summed E-state index contributed by atoms with van der Waals surface area (Å²) in [4.78, 5) is 24.5. The molecule has 0 atom stereocenters. The van der Waals surface area contributed by atoms with E-state index in [-0.39, 0.29) is 23.4 Å². The number of methoxy groups -OCH3 is 3. The molecule has 0 aromatic heterocycles. The lowest BCUT2D eigenvalue weighted by molar-refractivity contribution is -0.120. The van der Waals surface area contributed by atoms with Crippen molar-refractivity contribution in [2.45, 2.75) is 26.2 Å². The van der Waals surface area contributed by atoms with Gasteiger partial charge in [0.2, 0.25) is 11.7 Å². The van der Waals surface area contributed by atoms with Gasteiger partial charge in [0.25, 0.3) is 5.91 Å². The zero-order valence-corrected chi connectivity index (χ0v) is 19.5. The van der Waals surface area contributed by atoms with Gasteiger partial charge in [-0.15, -0.1) is 0 Å². The Morgan fingerprint density at radius 3 is 1.97 bits per heavy atom. The third-order valence-electron chi connectivity index (χ3n) is 4.75. The standard InChI is InChI=1S/C24H32N2O6/c1-24(2,3)17-7-9-18(10-8-17)32-12-11-25-21(27)15-26-23(28)16-13-19(29-4)22(31-6)20(14-16)30-5/h7-10,13-14H,11-12,15H2,1-6H3,(H,25,27)(H,26,28). The number of amides is 2. The Kier molecular flexibility index (Phi) is 8.75. The van der Waals surface area contributed by atoms with E-state index in [2.05, 4.69) is 31.4 Å². The van der Waals surface area contributed by atoms with Crippen molar-refractivity contribution in [3.8, 4) is 23.0 Å². The Labute approximate surface area is 189 Å². The lowest BCUT2D eigenvalue weighted by Crippen LogP contribution is -2.38. The van der Waals surface area contributed by atoms with Crippen molar-refractivity contribution in [1.29, 1.82) is 0 Å². The van der Waals surface area contributed by atoms with Gasteiger partial charge in [0, 0.05) is 5.56 Å². The summed E-state index contributed by atoms with van der Waals surface area (Å²) in [5.41, 5.74) is 1.59. The molecule has 2 aromatic carbocycles. The molecule has 0 unspecified atom stereocenters.